The Morgan fingerprint density at radius 2 is 1.64 bits per heavy atom. The molecule has 0 spiro atoms. The summed E-state index contributed by atoms with van der Waals surface area (Å²) in [6, 6.07) is 13.6. The Morgan fingerprint density at radius 1 is 0.964 bits per heavy atom. The lowest BCUT2D eigenvalue weighted by Gasteiger charge is -2.07. The van der Waals surface area contributed by atoms with E-state index in [9.17, 15) is 14.4 Å². The molecule has 0 radical (unpaired) electrons. The molecule has 0 atom stereocenters. The minimum absolute atomic E-state index is 0.0735. The van der Waals surface area contributed by atoms with Gasteiger partial charge in [0.25, 0.3) is 11.8 Å². The van der Waals surface area contributed by atoms with Crippen molar-refractivity contribution < 1.29 is 19.1 Å². The van der Waals surface area contributed by atoms with Crippen LogP contribution in [-0.2, 0) is 9.59 Å². The van der Waals surface area contributed by atoms with Crippen LogP contribution >= 0.6 is 0 Å². The molecule has 0 aliphatic heterocycles. The normalized spacial score (nSPS) is 10.4. The van der Waals surface area contributed by atoms with E-state index in [2.05, 4.69) is 16.2 Å². The summed E-state index contributed by atoms with van der Waals surface area (Å²) in [5.41, 5.74) is 6.44. The van der Waals surface area contributed by atoms with Gasteiger partial charge in [-0.15, -0.1) is 0 Å². The summed E-state index contributed by atoms with van der Waals surface area (Å²) >= 11 is 0. The number of ether oxygens (including phenoxy) is 1. The van der Waals surface area contributed by atoms with Gasteiger partial charge >= 0.3 is 0 Å². The number of hydrogen-bond donors (Lipinski definition) is 3. The van der Waals surface area contributed by atoms with Gasteiger partial charge in [0, 0.05) is 23.7 Å². The highest BCUT2D eigenvalue weighted by Crippen LogP contribution is 2.12. The van der Waals surface area contributed by atoms with Gasteiger partial charge in [0.2, 0.25) is 5.91 Å². The van der Waals surface area contributed by atoms with Crippen molar-refractivity contribution in [3.8, 4) is 5.75 Å². The lowest BCUT2D eigenvalue weighted by Crippen LogP contribution is -2.40. The Hall–Kier alpha value is -3.61. The van der Waals surface area contributed by atoms with E-state index in [4.69, 9.17) is 4.74 Å². The number of benzene rings is 2. The van der Waals surface area contributed by atoms with Gasteiger partial charge in [-0.05, 0) is 54.5 Å². The summed E-state index contributed by atoms with van der Waals surface area (Å²) in [6.45, 7) is 1.92. The fourth-order valence-corrected chi connectivity index (χ4v) is 2.27. The van der Waals surface area contributed by atoms with Gasteiger partial charge in [-0.1, -0.05) is 19.1 Å². The van der Waals surface area contributed by atoms with E-state index >= 15 is 0 Å². The zero-order chi connectivity index (χ0) is 20.4. The zero-order valence-electron chi connectivity index (χ0n) is 15.8. The Balaban J connectivity index is 1.82. The van der Waals surface area contributed by atoms with Gasteiger partial charge in [-0.3, -0.25) is 25.2 Å². The van der Waals surface area contributed by atoms with E-state index in [1.807, 2.05) is 19.1 Å². The predicted molar refractivity (Wildman–Crippen MR) is 108 cm³/mol. The predicted octanol–water partition coefficient (Wildman–Crippen LogP) is 2.91. The van der Waals surface area contributed by atoms with Crippen LogP contribution in [0.3, 0.4) is 0 Å². The molecular formula is C21H23N3O4. The van der Waals surface area contributed by atoms with Crippen LogP contribution in [0.4, 0.5) is 5.69 Å². The Kier molecular flexibility index (Phi) is 7.77. The number of hydrogen-bond acceptors (Lipinski definition) is 4. The van der Waals surface area contributed by atoms with Gasteiger partial charge in [0.1, 0.15) is 5.75 Å². The Morgan fingerprint density at radius 3 is 2.25 bits per heavy atom. The van der Waals surface area contributed by atoms with E-state index in [-0.39, 0.29) is 5.91 Å². The fourth-order valence-electron chi connectivity index (χ4n) is 2.27. The van der Waals surface area contributed by atoms with Crippen LogP contribution in [0, 0.1) is 0 Å². The van der Waals surface area contributed by atoms with E-state index < -0.39 is 11.8 Å². The number of nitrogens with one attached hydrogen (secondary N) is 3. The fraction of sp³-hybridized carbons (Fsp3) is 0.190. The van der Waals surface area contributed by atoms with Gasteiger partial charge in [0.05, 0.1) is 7.11 Å². The summed E-state index contributed by atoms with van der Waals surface area (Å²) < 4.78 is 5.07. The monoisotopic (exact) mass is 381 g/mol. The quantitative estimate of drug-likeness (QED) is 0.507. The van der Waals surface area contributed by atoms with Crippen LogP contribution in [0.25, 0.3) is 6.08 Å². The van der Waals surface area contributed by atoms with Crippen molar-refractivity contribution in [1.82, 2.24) is 10.9 Å². The maximum atomic E-state index is 12.1. The van der Waals surface area contributed by atoms with E-state index in [0.717, 1.165) is 17.7 Å². The molecule has 0 aromatic heterocycles. The Bertz CT molecular complexity index is 843. The lowest BCUT2D eigenvalue weighted by molar-refractivity contribution is -0.117. The molecule has 0 saturated carbocycles. The topological polar surface area (TPSA) is 96.5 Å². The third-order valence-corrected chi connectivity index (χ3v) is 3.75. The smallest absolute Gasteiger partial charge is 0.269 e. The van der Waals surface area contributed by atoms with Crippen molar-refractivity contribution in [2.24, 2.45) is 0 Å². The first kappa shape index (κ1) is 20.7. The molecule has 0 unspecified atom stereocenters. The average molecular weight is 381 g/mol. The maximum Gasteiger partial charge on any atom is 0.269 e. The summed E-state index contributed by atoms with van der Waals surface area (Å²) in [7, 11) is 1.58. The van der Waals surface area contributed by atoms with Crippen molar-refractivity contribution >= 4 is 29.5 Å². The number of rotatable bonds is 7. The molecule has 7 nitrogen and oxygen atoms in total. The molecule has 3 N–H and O–H groups in total. The van der Waals surface area contributed by atoms with Gasteiger partial charge in [-0.2, -0.15) is 0 Å². The van der Waals surface area contributed by atoms with Crippen molar-refractivity contribution in [1.29, 1.82) is 0 Å². The van der Waals surface area contributed by atoms with Crippen LogP contribution in [0.2, 0.25) is 0 Å². The maximum absolute atomic E-state index is 12.1. The number of carbonyl (C=O) groups is 3. The average Bonchev–Trinajstić information content (AvgIpc) is 2.71. The minimum atomic E-state index is -0.465. The first-order chi connectivity index (χ1) is 13.5. The molecule has 7 heteroatoms. The van der Waals surface area contributed by atoms with Crippen LogP contribution < -0.4 is 20.9 Å². The molecule has 0 aliphatic rings. The summed E-state index contributed by atoms with van der Waals surface area (Å²) in [5.74, 6) is -0.273. The number of anilines is 1. The molecule has 28 heavy (non-hydrogen) atoms. The van der Waals surface area contributed by atoms with Gasteiger partial charge < -0.3 is 10.1 Å². The molecule has 2 aromatic carbocycles. The zero-order valence-corrected chi connectivity index (χ0v) is 15.8. The van der Waals surface area contributed by atoms with Crippen LogP contribution in [-0.4, -0.2) is 24.8 Å². The van der Waals surface area contributed by atoms with Crippen LogP contribution in [0.15, 0.2) is 54.6 Å². The van der Waals surface area contributed by atoms with E-state index in [1.165, 1.54) is 6.08 Å². The van der Waals surface area contributed by atoms with Crippen LogP contribution in [0.1, 0.15) is 35.7 Å². The molecule has 3 amide bonds. The van der Waals surface area contributed by atoms with Gasteiger partial charge in [-0.25, -0.2) is 0 Å². The highest BCUT2D eigenvalue weighted by Gasteiger charge is 2.07. The second kappa shape index (κ2) is 10.5. The first-order valence-electron chi connectivity index (χ1n) is 8.84. The van der Waals surface area contributed by atoms with Crippen molar-refractivity contribution in [2.75, 3.05) is 12.4 Å². The highest BCUT2D eigenvalue weighted by atomic mass is 16.5. The summed E-state index contributed by atoms with van der Waals surface area (Å²) in [6.07, 6.45) is 4.14. The SMILES string of the molecule is CCCC(=O)Nc1ccc(C(=O)NNC(=O)C=Cc2ccc(OC)cc2)cc1. The number of amides is 3. The molecule has 2 rings (SSSR count). The Labute approximate surface area is 163 Å². The van der Waals surface area contributed by atoms with Crippen molar-refractivity contribution in [2.45, 2.75) is 19.8 Å². The summed E-state index contributed by atoms with van der Waals surface area (Å²) in [4.78, 5) is 35.5. The molecule has 0 bridgehead atoms. The molecule has 0 saturated heterocycles. The molecule has 0 aliphatic carbocycles. The number of hydrazine groups is 1. The largest absolute Gasteiger partial charge is 0.497 e. The lowest BCUT2D eigenvalue weighted by atomic mass is 10.2. The molecule has 0 heterocycles. The third-order valence-electron chi connectivity index (χ3n) is 3.75. The van der Waals surface area contributed by atoms with E-state index in [1.54, 1.807) is 49.6 Å². The molecule has 146 valence electrons. The standard InChI is InChI=1S/C21H23N3O4/c1-3-4-19(25)22-17-10-8-16(9-11-17)21(27)24-23-20(26)14-7-15-5-12-18(28-2)13-6-15/h5-14H,3-4H2,1-2H3,(H,22,25)(H,23,26)(H,24,27). The number of methoxy groups -OCH3 is 1. The highest BCUT2D eigenvalue weighted by molar-refractivity contribution is 5.98. The number of carbonyl (C=O) groups excluding carboxylic acids is 3. The second-order valence-electron chi connectivity index (χ2n) is 5.93. The van der Waals surface area contributed by atoms with Crippen LogP contribution in [0.5, 0.6) is 5.75 Å². The third kappa shape index (κ3) is 6.60. The van der Waals surface area contributed by atoms with Gasteiger partial charge in [0.15, 0.2) is 0 Å². The van der Waals surface area contributed by atoms with Crippen molar-refractivity contribution in [3.05, 3.63) is 65.7 Å². The van der Waals surface area contributed by atoms with E-state index in [0.29, 0.717) is 17.7 Å². The molecule has 2 aromatic rings. The molecule has 0 fully saturated rings. The van der Waals surface area contributed by atoms with Crippen molar-refractivity contribution in [3.63, 3.8) is 0 Å². The second-order valence-corrected chi connectivity index (χ2v) is 5.93. The molecular weight excluding hydrogens is 358 g/mol. The first-order valence-corrected chi connectivity index (χ1v) is 8.84. The summed E-state index contributed by atoms with van der Waals surface area (Å²) in [5, 5.41) is 2.74. The minimum Gasteiger partial charge on any atom is -0.497 e.